The van der Waals surface area contributed by atoms with Crippen molar-refractivity contribution in [1.82, 2.24) is 0 Å². The van der Waals surface area contributed by atoms with E-state index in [1.807, 2.05) is 0 Å². The van der Waals surface area contributed by atoms with E-state index in [0.29, 0.717) is 11.4 Å². The molecule has 1 saturated heterocycles. The fourth-order valence-electron chi connectivity index (χ4n) is 1.89. The first-order valence-electron chi connectivity index (χ1n) is 7.66. The van der Waals surface area contributed by atoms with Crippen molar-refractivity contribution in [2.45, 2.75) is 12.8 Å². The van der Waals surface area contributed by atoms with Crippen LogP contribution < -0.4 is 11.5 Å². The van der Waals surface area contributed by atoms with Gasteiger partial charge in [-0.3, -0.25) is 0 Å². The second kappa shape index (κ2) is 10.7. The zero-order valence-electron chi connectivity index (χ0n) is 13.7. The number of rotatable bonds is 2. The number of hydrogen-bond acceptors (Lipinski definition) is 5. The number of para-hydroxylation sites is 2. The number of aromatic carboxylic acids is 2. The molecule has 1 aliphatic rings. The van der Waals surface area contributed by atoms with Crippen LogP contribution in [0, 0.1) is 0 Å². The molecule has 1 aliphatic heterocycles. The van der Waals surface area contributed by atoms with Crippen molar-refractivity contribution < 1.29 is 24.5 Å². The van der Waals surface area contributed by atoms with Crippen LogP contribution in [0.3, 0.4) is 0 Å². The molecule has 0 radical (unpaired) electrons. The van der Waals surface area contributed by atoms with Gasteiger partial charge in [-0.25, -0.2) is 9.59 Å². The molecule has 3 rings (SSSR count). The number of carbonyl (C=O) groups is 2. The van der Waals surface area contributed by atoms with Crippen molar-refractivity contribution >= 4 is 23.3 Å². The number of nitrogen functional groups attached to an aromatic ring is 2. The molecule has 7 heteroatoms. The number of hydrogen-bond donors (Lipinski definition) is 4. The quantitative estimate of drug-likeness (QED) is 0.614. The van der Waals surface area contributed by atoms with E-state index in [1.54, 1.807) is 36.4 Å². The van der Waals surface area contributed by atoms with E-state index in [2.05, 4.69) is 0 Å². The highest BCUT2D eigenvalue weighted by Crippen LogP contribution is 2.09. The van der Waals surface area contributed by atoms with Crippen LogP contribution in [0.15, 0.2) is 48.5 Å². The highest BCUT2D eigenvalue weighted by molar-refractivity contribution is 5.93. The van der Waals surface area contributed by atoms with Crippen molar-refractivity contribution in [2.24, 2.45) is 0 Å². The van der Waals surface area contributed by atoms with Crippen LogP contribution in [-0.2, 0) is 4.74 Å². The summed E-state index contributed by atoms with van der Waals surface area (Å²) in [6, 6.07) is 12.7. The van der Waals surface area contributed by atoms with Gasteiger partial charge in [-0.1, -0.05) is 24.3 Å². The summed E-state index contributed by atoms with van der Waals surface area (Å²) in [5.74, 6) is -1.98. The van der Waals surface area contributed by atoms with E-state index >= 15 is 0 Å². The molecule has 6 N–H and O–H groups in total. The lowest BCUT2D eigenvalue weighted by Crippen LogP contribution is -2.00. The maximum Gasteiger partial charge on any atom is 0.337 e. The SMILES string of the molecule is C1CCOC1.Nc1ccccc1C(=O)O.Nc1ccccc1C(=O)O. The van der Waals surface area contributed by atoms with E-state index in [-0.39, 0.29) is 11.1 Å². The van der Waals surface area contributed by atoms with Gasteiger partial charge in [0.05, 0.1) is 11.1 Å². The van der Waals surface area contributed by atoms with Gasteiger partial charge in [0.1, 0.15) is 0 Å². The molecule has 2 aromatic carbocycles. The van der Waals surface area contributed by atoms with E-state index < -0.39 is 11.9 Å². The lowest BCUT2D eigenvalue weighted by molar-refractivity contribution is 0.0687. The summed E-state index contributed by atoms with van der Waals surface area (Å²) < 4.78 is 4.94. The standard InChI is InChI=1S/2C7H7NO2.C4H8O/c2*8-6-4-2-1-3-5(6)7(9)10;1-2-4-5-3-1/h2*1-4H,8H2,(H,9,10);1-4H2. The molecule has 0 aliphatic carbocycles. The average molecular weight is 346 g/mol. The van der Waals surface area contributed by atoms with Gasteiger partial charge in [0, 0.05) is 24.6 Å². The van der Waals surface area contributed by atoms with Gasteiger partial charge >= 0.3 is 11.9 Å². The van der Waals surface area contributed by atoms with Gasteiger partial charge in [-0.05, 0) is 37.1 Å². The maximum absolute atomic E-state index is 10.3. The molecule has 0 amide bonds. The maximum atomic E-state index is 10.3. The summed E-state index contributed by atoms with van der Waals surface area (Å²) in [5, 5.41) is 17.0. The number of nitrogens with two attached hydrogens (primary N) is 2. The second-order valence-electron chi connectivity index (χ2n) is 5.10. The normalized spacial score (nSPS) is 12.2. The third kappa shape index (κ3) is 7.36. The number of ether oxygens (including phenoxy) is 1. The Balaban J connectivity index is 0.000000198. The molecule has 0 spiro atoms. The summed E-state index contributed by atoms with van der Waals surface area (Å²) in [5.41, 5.74) is 11.6. The van der Waals surface area contributed by atoms with Crippen LogP contribution >= 0.6 is 0 Å². The van der Waals surface area contributed by atoms with Crippen molar-refractivity contribution in [3.05, 3.63) is 59.7 Å². The first-order chi connectivity index (χ1) is 11.9. The highest BCUT2D eigenvalue weighted by Gasteiger charge is 2.04. The summed E-state index contributed by atoms with van der Waals surface area (Å²) >= 11 is 0. The number of benzene rings is 2. The number of carboxylic acids is 2. The van der Waals surface area contributed by atoms with E-state index in [1.165, 1.54) is 25.0 Å². The number of anilines is 2. The Morgan fingerprint density at radius 2 is 1.12 bits per heavy atom. The van der Waals surface area contributed by atoms with E-state index in [0.717, 1.165) is 13.2 Å². The molecule has 7 nitrogen and oxygen atoms in total. The lowest BCUT2D eigenvalue weighted by Gasteiger charge is -1.96. The summed E-state index contributed by atoms with van der Waals surface area (Å²) in [6.07, 6.45) is 2.56. The van der Waals surface area contributed by atoms with Gasteiger partial charge in [0.25, 0.3) is 0 Å². The Hall–Kier alpha value is -3.06. The van der Waals surface area contributed by atoms with Crippen molar-refractivity contribution in [2.75, 3.05) is 24.7 Å². The van der Waals surface area contributed by atoms with Crippen molar-refractivity contribution in [3.63, 3.8) is 0 Å². The number of carboxylic acid groups (broad SMARTS) is 2. The van der Waals surface area contributed by atoms with E-state index in [4.69, 9.17) is 26.4 Å². The first-order valence-corrected chi connectivity index (χ1v) is 7.66. The molecule has 0 saturated carbocycles. The Bertz CT molecular complexity index is 636. The molecule has 1 heterocycles. The third-order valence-electron chi connectivity index (χ3n) is 3.21. The Kier molecular flexibility index (Phi) is 8.53. The van der Waals surface area contributed by atoms with Crippen molar-refractivity contribution in [1.29, 1.82) is 0 Å². The summed E-state index contributed by atoms with van der Waals surface area (Å²) in [7, 11) is 0. The van der Waals surface area contributed by atoms with Crippen LogP contribution in [0.25, 0.3) is 0 Å². The fourth-order valence-corrected chi connectivity index (χ4v) is 1.89. The largest absolute Gasteiger partial charge is 0.478 e. The fraction of sp³-hybridized carbons (Fsp3) is 0.222. The molecular weight excluding hydrogens is 324 g/mol. The average Bonchev–Trinajstić information content (AvgIpc) is 3.15. The Morgan fingerprint density at radius 3 is 1.32 bits per heavy atom. The predicted molar refractivity (Wildman–Crippen MR) is 95.7 cm³/mol. The minimum atomic E-state index is -0.988. The van der Waals surface area contributed by atoms with Gasteiger partial charge in [-0.15, -0.1) is 0 Å². The summed E-state index contributed by atoms with van der Waals surface area (Å²) in [6.45, 7) is 2.00. The minimum absolute atomic E-state index is 0.155. The van der Waals surface area contributed by atoms with Crippen LogP contribution in [0.1, 0.15) is 33.6 Å². The third-order valence-corrected chi connectivity index (χ3v) is 3.21. The van der Waals surface area contributed by atoms with Crippen LogP contribution in [0.2, 0.25) is 0 Å². The molecule has 0 aromatic heterocycles. The molecule has 0 atom stereocenters. The summed E-state index contributed by atoms with van der Waals surface area (Å²) in [4.78, 5) is 20.7. The molecule has 25 heavy (non-hydrogen) atoms. The zero-order chi connectivity index (χ0) is 18.7. The van der Waals surface area contributed by atoms with Crippen LogP contribution in [0.4, 0.5) is 11.4 Å². The highest BCUT2D eigenvalue weighted by atomic mass is 16.5. The van der Waals surface area contributed by atoms with Gasteiger partial charge in [-0.2, -0.15) is 0 Å². The Labute approximate surface area is 145 Å². The molecule has 1 fully saturated rings. The van der Waals surface area contributed by atoms with Gasteiger partial charge < -0.3 is 26.4 Å². The molecule has 2 aromatic rings. The predicted octanol–water partition coefficient (Wildman–Crippen LogP) is 2.73. The molecule has 0 bridgehead atoms. The van der Waals surface area contributed by atoms with Crippen LogP contribution in [0.5, 0.6) is 0 Å². The smallest absolute Gasteiger partial charge is 0.337 e. The van der Waals surface area contributed by atoms with Crippen molar-refractivity contribution in [3.8, 4) is 0 Å². The van der Waals surface area contributed by atoms with E-state index in [9.17, 15) is 9.59 Å². The second-order valence-corrected chi connectivity index (χ2v) is 5.10. The molecular formula is C18H22N2O5. The monoisotopic (exact) mass is 346 g/mol. The minimum Gasteiger partial charge on any atom is -0.478 e. The zero-order valence-corrected chi connectivity index (χ0v) is 13.7. The molecule has 0 unspecified atom stereocenters. The van der Waals surface area contributed by atoms with Crippen LogP contribution in [-0.4, -0.2) is 35.4 Å². The van der Waals surface area contributed by atoms with Gasteiger partial charge in [0.2, 0.25) is 0 Å². The Morgan fingerprint density at radius 1 is 0.760 bits per heavy atom. The van der Waals surface area contributed by atoms with Gasteiger partial charge in [0.15, 0.2) is 0 Å². The lowest BCUT2D eigenvalue weighted by atomic mass is 10.2. The molecule has 134 valence electrons. The first kappa shape index (κ1) is 20.0. The topological polar surface area (TPSA) is 136 Å².